The zero-order valence-electron chi connectivity index (χ0n) is 16.8. The number of anilines is 1. The quantitative estimate of drug-likeness (QED) is 0.492. The van der Waals surface area contributed by atoms with Gasteiger partial charge in [-0.1, -0.05) is 24.3 Å². The molecule has 0 unspecified atom stereocenters. The van der Waals surface area contributed by atoms with E-state index in [0.717, 1.165) is 27.9 Å². The molecule has 0 bridgehead atoms. The fourth-order valence-electron chi connectivity index (χ4n) is 3.12. The van der Waals surface area contributed by atoms with Crippen LogP contribution in [0.3, 0.4) is 0 Å². The predicted molar refractivity (Wildman–Crippen MR) is 115 cm³/mol. The summed E-state index contributed by atoms with van der Waals surface area (Å²) in [4.78, 5) is 12.2. The van der Waals surface area contributed by atoms with Gasteiger partial charge < -0.3 is 14.5 Å². The molecule has 0 aliphatic rings. The van der Waals surface area contributed by atoms with Crippen molar-refractivity contribution < 1.29 is 13.9 Å². The molecule has 30 heavy (non-hydrogen) atoms. The number of ether oxygens (including phenoxy) is 1. The second-order valence-corrected chi connectivity index (χ2v) is 7.02. The van der Waals surface area contributed by atoms with E-state index in [-0.39, 0.29) is 12.5 Å². The molecule has 4 rings (SSSR count). The Bertz CT molecular complexity index is 1130. The maximum Gasteiger partial charge on any atom is 0.262 e. The van der Waals surface area contributed by atoms with Crippen molar-refractivity contribution in [3.05, 3.63) is 83.9 Å². The Labute approximate surface area is 174 Å². The molecular formula is C24H21N3O3. The van der Waals surface area contributed by atoms with Crippen molar-refractivity contribution in [2.45, 2.75) is 13.8 Å². The molecule has 0 aliphatic carbocycles. The van der Waals surface area contributed by atoms with Crippen molar-refractivity contribution in [1.29, 1.82) is 0 Å². The summed E-state index contributed by atoms with van der Waals surface area (Å²) < 4.78 is 11.3. The van der Waals surface area contributed by atoms with Crippen LogP contribution in [-0.2, 0) is 4.79 Å². The highest BCUT2D eigenvalue weighted by Gasteiger charge is 2.11. The normalized spacial score (nSPS) is 10.6. The summed E-state index contributed by atoms with van der Waals surface area (Å²) in [5.74, 6) is 1.26. The fourth-order valence-corrected chi connectivity index (χ4v) is 3.12. The van der Waals surface area contributed by atoms with E-state index in [2.05, 4.69) is 21.6 Å². The molecule has 0 saturated heterocycles. The van der Waals surface area contributed by atoms with E-state index in [1.807, 2.05) is 68.4 Å². The molecule has 6 heteroatoms. The largest absolute Gasteiger partial charge is 0.484 e. The van der Waals surface area contributed by atoms with Gasteiger partial charge >= 0.3 is 0 Å². The molecule has 3 aromatic carbocycles. The van der Waals surface area contributed by atoms with Gasteiger partial charge in [0.05, 0.1) is 0 Å². The minimum absolute atomic E-state index is 0.0783. The lowest BCUT2D eigenvalue weighted by Gasteiger charge is -2.09. The van der Waals surface area contributed by atoms with Gasteiger partial charge in [0.25, 0.3) is 5.91 Å². The van der Waals surface area contributed by atoms with Crippen LogP contribution in [-0.4, -0.2) is 22.7 Å². The average molecular weight is 399 g/mol. The first-order chi connectivity index (χ1) is 14.6. The number of benzene rings is 3. The number of aromatic nitrogens is 2. The predicted octanol–water partition coefficient (Wildman–Crippen LogP) is 5.04. The second kappa shape index (κ2) is 8.61. The molecule has 6 nitrogen and oxygen atoms in total. The third kappa shape index (κ3) is 4.72. The van der Waals surface area contributed by atoms with Crippen molar-refractivity contribution in [3.8, 4) is 28.7 Å². The summed E-state index contributed by atoms with van der Waals surface area (Å²) in [6.07, 6.45) is 0. The molecule has 1 amide bonds. The second-order valence-electron chi connectivity index (χ2n) is 7.02. The molecular weight excluding hydrogens is 378 g/mol. The van der Waals surface area contributed by atoms with Crippen LogP contribution in [0.1, 0.15) is 11.1 Å². The monoisotopic (exact) mass is 399 g/mol. The molecule has 1 heterocycles. The number of rotatable bonds is 6. The standard InChI is InChI=1S/C24H21N3O3/c1-16-12-17(2)14-20(13-16)25-22(28)15-29-21-10-8-19(9-11-21)24-27-26-23(30-24)18-6-4-3-5-7-18/h3-14H,15H2,1-2H3,(H,25,28). The van der Waals surface area contributed by atoms with Gasteiger partial charge in [0.1, 0.15) is 5.75 Å². The van der Waals surface area contributed by atoms with Crippen LogP contribution in [0.15, 0.2) is 77.2 Å². The smallest absolute Gasteiger partial charge is 0.262 e. The molecule has 1 aromatic heterocycles. The van der Waals surface area contributed by atoms with E-state index in [1.165, 1.54) is 0 Å². The molecule has 0 atom stereocenters. The van der Waals surface area contributed by atoms with E-state index >= 15 is 0 Å². The van der Waals surface area contributed by atoms with Gasteiger partial charge in [0.2, 0.25) is 11.8 Å². The lowest BCUT2D eigenvalue weighted by Crippen LogP contribution is -2.20. The fraction of sp³-hybridized carbons (Fsp3) is 0.125. The van der Waals surface area contributed by atoms with Crippen LogP contribution >= 0.6 is 0 Å². The number of nitrogens with one attached hydrogen (secondary N) is 1. The Morgan fingerprint density at radius 1 is 0.867 bits per heavy atom. The first kappa shape index (κ1) is 19.4. The molecule has 4 aromatic rings. The van der Waals surface area contributed by atoms with E-state index in [4.69, 9.17) is 9.15 Å². The first-order valence-corrected chi connectivity index (χ1v) is 9.57. The lowest BCUT2D eigenvalue weighted by atomic mass is 10.1. The van der Waals surface area contributed by atoms with E-state index < -0.39 is 0 Å². The summed E-state index contributed by atoms with van der Waals surface area (Å²) in [6.45, 7) is 3.91. The van der Waals surface area contributed by atoms with Gasteiger partial charge in [-0.15, -0.1) is 10.2 Å². The van der Waals surface area contributed by atoms with Crippen LogP contribution in [0.5, 0.6) is 5.75 Å². The summed E-state index contributed by atoms with van der Waals surface area (Å²) in [6, 6.07) is 22.7. The minimum Gasteiger partial charge on any atom is -0.484 e. The maximum atomic E-state index is 12.2. The van der Waals surface area contributed by atoms with Crippen LogP contribution in [0, 0.1) is 13.8 Å². The number of nitrogens with zero attached hydrogens (tertiary/aromatic N) is 2. The first-order valence-electron chi connectivity index (χ1n) is 9.57. The number of carbonyl (C=O) groups excluding carboxylic acids is 1. The van der Waals surface area contributed by atoms with Crippen LogP contribution in [0.25, 0.3) is 22.9 Å². The molecule has 0 radical (unpaired) electrons. The Hall–Kier alpha value is -3.93. The summed E-state index contributed by atoms with van der Waals surface area (Å²) >= 11 is 0. The molecule has 0 saturated carbocycles. The maximum absolute atomic E-state index is 12.2. The molecule has 150 valence electrons. The van der Waals surface area contributed by atoms with Crippen molar-refractivity contribution in [2.24, 2.45) is 0 Å². The molecule has 0 fully saturated rings. The van der Waals surface area contributed by atoms with Crippen molar-refractivity contribution >= 4 is 11.6 Å². The Morgan fingerprint density at radius 3 is 2.10 bits per heavy atom. The average Bonchev–Trinajstić information content (AvgIpc) is 3.23. The molecule has 0 spiro atoms. The van der Waals surface area contributed by atoms with Crippen LogP contribution in [0.4, 0.5) is 5.69 Å². The third-order valence-electron chi connectivity index (χ3n) is 4.42. The van der Waals surface area contributed by atoms with Crippen molar-refractivity contribution in [3.63, 3.8) is 0 Å². The van der Waals surface area contributed by atoms with Gasteiger partial charge in [0.15, 0.2) is 6.61 Å². The number of hydrogen-bond donors (Lipinski definition) is 1. The van der Waals surface area contributed by atoms with E-state index in [1.54, 1.807) is 12.1 Å². The minimum atomic E-state index is -0.214. The van der Waals surface area contributed by atoms with Crippen LogP contribution < -0.4 is 10.1 Å². The third-order valence-corrected chi connectivity index (χ3v) is 4.42. The number of hydrogen-bond acceptors (Lipinski definition) is 5. The Balaban J connectivity index is 1.36. The summed E-state index contributed by atoms with van der Waals surface area (Å²) in [5.41, 5.74) is 4.60. The van der Waals surface area contributed by atoms with Gasteiger partial charge in [-0.2, -0.15) is 0 Å². The molecule has 0 aliphatic heterocycles. The van der Waals surface area contributed by atoms with Gasteiger partial charge in [-0.3, -0.25) is 4.79 Å². The Morgan fingerprint density at radius 2 is 1.47 bits per heavy atom. The zero-order valence-corrected chi connectivity index (χ0v) is 16.8. The highest BCUT2D eigenvalue weighted by atomic mass is 16.5. The van der Waals surface area contributed by atoms with Gasteiger partial charge in [-0.05, 0) is 73.5 Å². The topological polar surface area (TPSA) is 77.2 Å². The molecule has 1 N–H and O–H groups in total. The highest BCUT2D eigenvalue weighted by Crippen LogP contribution is 2.25. The SMILES string of the molecule is Cc1cc(C)cc(NC(=O)COc2ccc(-c3nnc(-c4ccccc4)o3)cc2)c1. The van der Waals surface area contributed by atoms with E-state index in [0.29, 0.717) is 17.5 Å². The van der Waals surface area contributed by atoms with Gasteiger partial charge in [-0.25, -0.2) is 0 Å². The lowest BCUT2D eigenvalue weighted by molar-refractivity contribution is -0.118. The summed E-state index contributed by atoms with van der Waals surface area (Å²) in [5, 5.41) is 11.1. The number of aryl methyl sites for hydroxylation is 2. The highest BCUT2D eigenvalue weighted by molar-refractivity contribution is 5.92. The van der Waals surface area contributed by atoms with Gasteiger partial charge in [0, 0.05) is 16.8 Å². The van der Waals surface area contributed by atoms with Crippen LogP contribution in [0.2, 0.25) is 0 Å². The number of amides is 1. The summed E-state index contributed by atoms with van der Waals surface area (Å²) in [7, 11) is 0. The zero-order chi connectivity index (χ0) is 20.9. The van der Waals surface area contributed by atoms with E-state index in [9.17, 15) is 4.79 Å². The number of carbonyl (C=O) groups is 1. The van der Waals surface area contributed by atoms with Crippen molar-refractivity contribution in [1.82, 2.24) is 10.2 Å². The van der Waals surface area contributed by atoms with Crippen molar-refractivity contribution in [2.75, 3.05) is 11.9 Å². The Kier molecular flexibility index (Phi) is 5.57.